The van der Waals surface area contributed by atoms with Gasteiger partial charge in [0.25, 0.3) is 0 Å². The topological polar surface area (TPSA) is 34.2 Å². The van der Waals surface area contributed by atoms with E-state index in [9.17, 15) is 8.78 Å². The summed E-state index contributed by atoms with van der Waals surface area (Å²) in [6, 6.07) is 6.98. The molecule has 0 saturated carbocycles. The van der Waals surface area contributed by atoms with Crippen molar-refractivity contribution < 1.29 is 13.5 Å². The second-order valence-corrected chi connectivity index (χ2v) is 5.07. The molecule has 0 spiro atoms. The van der Waals surface area contributed by atoms with E-state index in [-0.39, 0.29) is 11.6 Å². The second-order valence-electron chi connectivity index (χ2n) is 5.07. The van der Waals surface area contributed by atoms with Gasteiger partial charge in [-0.15, -0.1) is 0 Å². The van der Waals surface area contributed by atoms with Crippen molar-refractivity contribution in [3.63, 3.8) is 0 Å². The van der Waals surface area contributed by atoms with Crippen LogP contribution in [0.4, 0.5) is 20.2 Å². The Balaban J connectivity index is 1.89. The summed E-state index contributed by atoms with van der Waals surface area (Å²) in [7, 11) is 0. The van der Waals surface area contributed by atoms with E-state index in [1.165, 1.54) is 0 Å². The third-order valence-electron chi connectivity index (χ3n) is 3.64. The first-order valence-corrected chi connectivity index (χ1v) is 6.99. The Morgan fingerprint density at radius 2 is 1.90 bits per heavy atom. The molecular weight excluding hydrogens is 274 g/mol. The van der Waals surface area contributed by atoms with Crippen LogP contribution in [0.15, 0.2) is 36.5 Å². The Labute approximate surface area is 122 Å². The van der Waals surface area contributed by atoms with Crippen LogP contribution in [0.1, 0.15) is 24.5 Å². The molecule has 3 nitrogen and oxygen atoms in total. The minimum Gasteiger partial charge on any atom is -0.381 e. The monoisotopic (exact) mass is 290 g/mol. The molecule has 0 aliphatic carbocycles. The van der Waals surface area contributed by atoms with Crippen molar-refractivity contribution in [1.82, 2.24) is 4.98 Å². The van der Waals surface area contributed by atoms with Crippen molar-refractivity contribution >= 4 is 11.4 Å². The summed E-state index contributed by atoms with van der Waals surface area (Å²) >= 11 is 0. The van der Waals surface area contributed by atoms with Crippen molar-refractivity contribution in [1.29, 1.82) is 0 Å². The highest BCUT2D eigenvalue weighted by Gasteiger charge is 2.20. The van der Waals surface area contributed by atoms with Crippen molar-refractivity contribution in [2.24, 2.45) is 0 Å². The molecule has 2 heterocycles. The lowest BCUT2D eigenvalue weighted by Gasteiger charge is -2.24. The summed E-state index contributed by atoms with van der Waals surface area (Å²) in [5.74, 6) is -0.687. The van der Waals surface area contributed by atoms with E-state index >= 15 is 0 Å². The van der Waals surface area contributed by atoms with E-state index in [2.05, 4.69) is 10.3 Å². The molecule has 5 heteroatoms. The number of halogens is 2. The minimum atomic E-state index is -0.488. The average molecular weight is 290 g/mol. The van der Waals surface area contributed by atoms with Crippen molar-refractivity contribution in [2.75, 3.05) is 18.5 Å². The molecule has 0 unspecified atom stereocenters. The Bertz CT molecular complexity index is 627. The zero-order chi connectivity index (χ0) is 14.7. The van der Waals surface area contributed by atoms with Crippen LogP contribution in [0.2, 0.25) is 0 Å². The number of nitrogens with one attached hydrogen (secondary N) is 1. The second kappa shape index (κ2) is 6.18. The molecule has 1 saturated heterocycles. The molecule has 0 amide bonds. The third-order valence-corrected chi connectivity index (χ3v) is 3.64. The van der Waals surface area contributed by atoms with E-state index in [0.29, 0.717) is 18.9 Å². The molecular formula is C16H16F2N2O. The third kappa shape index (κ3) is 3.19. The number of benzene rings is 1. The molecule has 3 rings (SSSR count). The van der Waals surface area contributed by atoms with Crippen LogP contribution in [-0.2, 0) is 4.74 Å². The first kappa shape index (κ1) is 13.9. The number of nitrogens with zero attached hydrogens (tertiary/aromatic N) is 1. The molecule has 0 bridgehead atoms. The van der Waals surface area contributed by atoms with Gasteiger partial charge >= 0.3 is 0 Å². The van der Waals surface area contributed by atoms with Crippen LogP contribution in [0.5, 0.6) is 0 Å². The summed E-state index contributed by atoms with van der Waals surface area (Å²) in [5.41, 5.74) is 1.72. The number of rotatable bonds is 3. The summed E-state index contributed by atoms with van der Waals surface area (Å²) in [6.45, 7) is 1.41. The highest BCUT2D eigenvalue weighted by molar-refractivity contribution is 5.62. The molecule has 0 radical (unpaired) electrons. The number of anilines is 2. The molecule has 110 valence electrons. The molecule has 1 aromatic carbocycles. The van der Waals surface area contributed by atoms with E-state index in [1.54, 1.807) is 12.3 Å². The van der Waals surface area contributed by atoms with E-state index in [0.717, 1.165) is 36.7 Å². The lowest BCUT2D eigenvalue weighted by atomic mass is 9.94. The molecule has 1 aliphatic heterocycles. The average Bonchev–Trinajstić information content (AvgIpc) is 2.52. The van der Waals surface area contributed by atoms with Gasteiger partial charge in [0.2, 0.25) is 0 Å². The lowest BCUT2D eigenvalue weighted by Crippen LogP contribution is -2.16. The quantitative estimate of drug-likeness (QED) is 0.927. The van der Waals surface area contributed by atoms with Gasteiger partial charge in [-0.25, -0.2) is 8.78 Å². The SMILES string of the molecule is Fc1ccc(F)c(Nc2cccnc2C2CCOCC2)c1. The van der Waals surface area contributed by atoms with Crippen molar-refractivity contribution in [2.45, 2.75) is 18.8 Å². The first-order chi connectivity index (χ1) is 10.2. The maximum Gasteiger partial charge on any atom is 0.146 e. The maximum atomic E-state index is 13.8. The van der Waals surface area contributed by atoms with Gasteiger partial charge < -0.3 is 10.1 Å². The summed E-state index contributed by atoms with van der Waals surface area (Å²) < 4.78 is 32.4. The van der Waals surface area contributed by atoms with Gasteiger partial charge in [-0.05, 0) is 37.1 Å². The number of pyridine rings is 1. The fourth-order valence-electron chi connectivity index (χ4n) is 2.56. The van der Waals surface area contributed by atoms with Crippen molar-refractivity contribution in [3.8, 4) is 0 Å². The van der Waals surface area contributed by atoms with Gasteiger partial charge in [0.15, 0.2) is 0 Å². The molecule has 21 heavy (non-hydrogen) atoms. The normalized spacial score (nSPS) is 15.9. The largest absolute Gasteiger partial charge is 0.381 e. The summed E-state index contributed by atoms with van der Waals surface area (Å²) in [5, 5.41) is 2.96. The molecule has 1 N–H and O–H groups in total. The molecule has 1 aromatic heterocycles. The number of aromatic nitrogens is 1. The van der Waals surface area contributed by atoms with Crippen LogP contribution < -0.4 is 5.32 Å². The van der Waals surface area contributed by atoms with Crippen LogP contribution in [0.3, 0.4) is 0 Å². The first-order valence-electron chi connectivity index (χ1n) is 6.99. The summed E-state index contributed by atoms with van der Waals surface area (Å²) in [6.07, 6.45) is 3.49. The molecule has 2 aromatic rings. The van der Waals surface area contributed by atoms with Crippen LogP contribution in [0, 0.1) is 11.6 Å². The summed E-state index contributed by atoms with van der Waals surface area (Å²) in [4.78, 5) is 4.42. The predicted octanol–water partition coefficient (Wildman–Crippen LogP) is 4.00. The molecule has 1 aliphatic rings. The maximum absolute atomic E-state index is 13.8. The predicted molar refractivity (Wildman–Crippen MR) is 76.7 cm³/mol. The van der Waals surface area contributed by atoms with Crippen LogP contribution in [0.25, 0.3) is 0 Å². The Kier molecular flexibility index (Phi) is 4.10. The molecule has 1 fully saturated rings. The van der Waals surface area contributed by atoms with E-state index < -0.39 is 11.6 Å². The van der Waals surface area contributed by atoms with E-state index in [1.807, 2.05) is 6.07 Å². The lowest BCUT2D eigenvalue weighted by molar-refractivity contribution is 0.0846. The van der Waals surface area contributed by atoms with Gasteiger partial charge in [-0.3, -0.25) is 4.98 Å². The van der Waals surface area contributed by atoms with E-state index in [4.69, 9.17) is 4.74 Å². The Morgan fingerprint density at radius 3 is 2.71 bits per heavy atom. The minimum absolute atomic E-state index is 0.122. The van der Waals surface area contributed by atoms with Crippen molar-refractivity contribution in [3.05, 3.63) is 53.9 Å². The highest BCUT2D eigenvalue weighted by atomic mass is 19.1. The van der Waals surface area contributed by atoms with Gasteiger partial charge in [0, 0.05) is 31.4 Å². The fourth-order valence-corrected chi connectivity index (χ4v) is 2.56. The van der Waals surface area contributed by atoms with Gasteiger partial charge in [-0.2, -0.15) is 0 Å². The number of hydrogen-bond donors (Lipinski definition) is 1. The van der Waals surface area contributed by atoms with Gasteiger partial charge in [0.05, 0.1) is 17.1 Å². The Hall–Kier alpha value is -2.01. The van der Waals surface area contributed by atoms with Gasteiger partial charge in [-0.1, -0.05) is 0 Å². The highest BCUT2D eigenvalue weighted by Crippen LogP contribution is 2.32. The fraction of sp³-hybridized carbons (Fsp3) is 0.312. The number of ether oxygens (including phenoxy) is 1. The van der Waals surface area contributed by atoms with Gasteiger partial charge in [0.1, 0.15) is 11.6 Å². The standard InChI is InChI=1S/C16H16F2N2O/c17-12-3-4-13(18)15(10-12)20-14-2-1-7-19-16(14)11-5-8-21-9-6-11/h1-4,7,10-11,20H,5-6,8-9H2. The zero-order valence-electron chi connectivity index (χ0n) is 11.5. The number of hydrogen-bond acceptors (Lipinski definition) is 3. The zero-order valence-corrected chi connectivity index (χ0v) is 11.5. The van der Waals surface area contributed by atoms with Crippen LogP contribution >= 0.6 is 0 Å². The molecule has 0 atom stereocenters. The smallest absolute Gasteiger partial charge is 0.146 e. The van der Waals surface area contributed by atoms with Crippen LogP contribution in [-0.4, -0.2) is 18.2 Å². The Morgan fingerprint density at radius 1 is 1.10 bits per heavy atom.